The summed E-state index contributed by atoms with van der Waals surface area (Å²) in [5, 5.41) is 6.60. The van der Waals surface area contributed by atoms with E-state index in [9.17, 15) is 0 Å². The largest absolute Gasteiger partial charge is 0.489 e. The zero-order valence-electron chi connectivity index (χ0n) is 14.5. The summed E-state index contributed by atoms with van der Waals surface area (Å²) in [6.07, 6.45) is 1.16. The number of nitrogens with one attached hydrogen (secondary N) is 2. The third kappa shape index (κ3) is 7.88. The van der Waals surface area contributed by atoms with E-state index in [4.69, 9.17) is 4.74 Å². The zero-order valence-corrected chi connectivity index (χ0v) is 14.5. The Labute approximate surface area is 134 Å². The van der Waals surface area contributed by atoms with E-state index in [0.717, 1.165) is 31.2 Å². The van der Waals surface area contributed by atoms with Gasteiger partial charge in [-0.1, -0.05) is 12.1 Å². The van der Waals surface area contributed by atoms with Crippen molar-refractivity contribution in [1.29, 1.82) is 0 Å². The van der Waals surface area contributed by atoms with Crippen molar-refractivity contribution < 1.29 is 4.74 Å². The Kier molecular flexibility index (Phi) is 8.36. The molecule has 0 aliphatic rings. The third-order valence-corrected chi connectivity index (χ3v) is 3.18. The molecule has 0 saturated heterocycles. The van der Waals surface area contributed by atoms with Gasteiger partial charge in [-0.05, 0) is 58.6 Å². The number of hydrogen-bond acceptors (Lipinski definition) is 3. The SMILES string of the molecule is CN=C(NCCCN(C)C)NCC(C)Oc1cccc(C)c1. The van der Waals surface area contributed by atoms with E-state index in [-0.39, 0.29) is 6.10 Å². The molecule has 0 saturated carbocycles. The molecule has 1 aromatic carbocycles. The van der Waals surface area contributed by atoms with Crippen molar-refractivity contribution in [1.82, 2.24) is 15.5 Å². The van der Waals surface area contributed by atoms with Crippen LogP contribution in [-0.2, 0) is 0 Å². The predicted molar refractivity (Wildman–Crippen MR) is 93.8 cm³/mol. The van der Waals surface area contributed by atoms with Gasteiger partial charge in [-0.2, -0.15) is 0 Å². The fraction of sp³-hybridized carbons (Fsp3) is 0.588. The fourth-order valence-electron chi connectivity index (χ4n) is 2.03. The van der Waals surface area contributed by atoms with Crippen LogP contribution < -0.4 is 15.4 Å². The highest BCUT2D eigenvalue weighted by Gasteiger charge is 2.05. The maximum absolute atomic E-state index is 5.90. The molecule has 0 amide bonds. The van der Waals surface area contributed by atoms with Crippen molar-refractivity contribution in [2.24, 2.45) is 4.99 Å². The lowest BCUT2D eigenvalue weighted by atomic mass is 10.2. The molecule has 0 aliphatic carbocycles. The van der Waals surface area contributed by atoms with Crippen LogP contribution in [0.3, 0.4) is 0 Å². The molecule has 1 aromatic rings. The Morgan fingerprint density at radius 1 is 1.32 bits per heavy atom. The summed E-state index contributed by atoms with van der Waals surface area (Å²) in [7, 11) is 5.95. The molecular weight excluding hydrogens is 276 g/mol. The predicted octanol–water partition coefficient (Wildman–Crippen LogP) is 1.88. The van der Waals surface area contributed by atoms with Gasteiger partial charge < -0.3 is 20.3 Å². The molecule has 1 unspecified atom stereocenters. The minimum atomic E-state index is 0.0714. The van der Waals surface area contributed by atoms with E-state index in [1.807, 2.05) is 18.2 Å². The minimum absolute atomic E-state index is 0.0714. The summed E-state index contributed by atoms with van der Waals surface area (Å²) in [6, 6.07) is 8.11. The van der Waals surface area contributed by atoms with Crippen molar-refractivity contribution in [3.63, 3.8) is 0 Å². The van der Waals surface area contributed by atoms with Crippen LogP contribution in [0.1, 0.15) is 18.9 Å². The monoisotopic (exact) mass is 306 g/mol. The number of benzene rings is 1. The van der Waals surface area contributed by atoms with Gasteiger partial charge in [-0.25, -0.2) is 0 Å². The Hall–Kier alpha value is -1.75. The molecule has 5 heteroatoms. The van der Waals surface area contributed by atoms with E-state index in [2.05, 4.69) is 54.5 Å². The van der Waals surface area contributed by atoms with E-state index in [1.54, 1.807) is 7.05 Å². The topological polar surface area (TPSA) is 48.9 Å². The van der Waals surface area contributed by atoms with Gasteiger partial charge >= 0.3 is 0 Å². The van der Waals surface area contributed by atoms with Crippen LogP contribution in [0.15, 0.2) is 29.3 Å². The van der Waals surface area contributed by atoms with Crippen LogP contribution in [0.5, 0.6) is 5.75 Å². The maximum atomic E-state index is 5.90. The fourth-order valence-corrected chi connectivity index (χ4v) is 2.03. The van der Waals surface area contributed by atoms with Crippen LogP contribution in [0.4, 0.5) is 0 Å². The zero-order chi connectivity index (χ0) is 16.4. The number of guanidine groups is 1. The van der Waals surface area contributed by atoms with Crippen molar-refractivity contribution in [2.75, 3.05) is 40.8 Å². The van der Waals surface area contributed by atoms with Gasteiger partial charge in [0.05, 0.1) is 6.54 Å². The summed E-state index contributed by atoms with van der Waals surface area (Å²) in [5.74, 6) is 1.72. The Balaban J connectivity index is 2.27. The van der Waals surface area contributed by atoms with E-state index in [0.29, 0.717) is 6.54 Å². The van der Waals surface area contributed by atoms with Crippen molar-refractivity contribution in [2.45, 2.75) is 26.4 Å². The van der Waals surface area contributed by atoms with Crippen LogP contribution in [0.2, 0.25) is 0 Å². The molecule has 0 heterocycles. The molecule has 2 N–H and O–H groups in total. The van der Waals surface area contributed by atoms with Gasteiger partial charge in [-0.3, -0.25) is 4.99 Å². The summed E-state index contributed by atoms with van der Waals surface area (Å²) in [5.41, 5.74) is 1.20. The number of rotatable bonds is 8. The molecule has 1 atom stereocenters. The molecule has 0 radical (unpaired) electrons. The number of aliphatic imine (C=N–C) groups is 1. The molecule has 5 nitrogen and oxygen atoms in total. The number of ether oxygens (including phenoxy) is 1. The molecule has 0 aliphatic heterocycles. The lowest BCUT2D eigenvalue weighted by molar-refractivity contribution is 0.223. The Morgan fingerprint density at radius 2 is 2.09 bits per heavy atom. The number of nitrogens with zero attached hydrogens (tertiary/aromatic N) is 2. The first kappa shape index (κ1) is 18.3. The van der Waals surface area contributed by atoms with E-state index >= 15 is 0 Å². The molecule has 22 heavy (non-hydrogen) atoms. The smallest absolute Gasteiger partial charge is 0.191 e. The average Bonchev–Trinajstić information content (AvgIpc) is 2.46. The van der Waals surface area contributed by atoms with Crippen molar-refractivity contribution in [3.05, 3.63) is 29.8 Å². The standard InChI is InChI=1S/C17H30N4O/c1-14-8-6-9-16(12-14)22-15(2)13-20-17(18-3)19-10-7-11-21(4)5/h6,8-9,12,15H,7,10-11,13H2,1-5H3,(H2,18,19,20). The van der Waals surface area contributed by atoms with Gasteiger partial charge in [0, 0.05) is 13.6 Å². The quantitative estimate of drug-likeness (QED) is 0.437. The number of hydrogen-bond donors (Lipinski definition) is 2. The molecule has 1 rings (SSSR count). The molecule has 124 valence electrons. The van der Waals surface area contributed by atoms with Gasteiger partial charge in [0.15, 0.2) is 5.96 Å². The van der Waals surface area contributed by atoms with E-state index in [1.165, 1.54) is 5.56 Å². The van der Waals surface area contributed by atoms with Gasteiger partial charge in [0.25, 0.3) is 0 Å². The highest BCUT2D eigenvalue weighted by atomic mass is 16.5. The highest BCUT2D eigenvalue weighted by molar-refractivity contribution is 5.79. The second kappa shape index (κ2) is 10.1. The third-order valence-electron chi connectivity index (χ3n) is 3.18. The van der Waals surface area contributed by atoms with Crippen molar-refractivity contribution in [3.8, 4) is 5.75 Å². The molecule has 0 aromatic heterocycles. The highest BCUT2D eigenvalue weighted by Crippen LogP contribution is 2.13. The molecular formula is C17H30N4O. The lowest BCUT2D eigenvalue weighted by Crippen LogP contribution is -2.42. The summed E-state index contributed by atoms with van der Waals surface area (Å²) in [4.78, 5) is 6.40. The van der Waals surface area contributed by atoms with Crippen molar-refractivity contribution >= 4 is 5.96 Å². The molecule has 0 bridgehead atoms. The normalized spacial score (nSPS) is 13.1. The van der Waals surface area contributed by atoms with E-state index < -0.39 is 0 Å². The van der Waals surface area contributed by atoms with Crippen LogP contribution >= 0.6 is 0 Å². The average molecular weight is 306 g/mol. The van der Waals surface area contributed by atoms with Crippen LogP contribution in [0, 0.1) is 6.92 Å². The summed E-state index contributed by atoms with van der Waals surface area (Å²) < 4.78 is 5.90. The Morgan fingerprint density at radius 3 is 2.73 bits per heavy atom. The molecule has 0 fully saturated rings. The van der Waals surface area contributed by atoms with Gasteiger partial charge in [0.1, 0.15) is 11.9 Å². The second-order valence-electron chi connectivity index (χ2n) is 5.78. The first-order valence-corrected chi connectivity index (χ1v) is 7.84. The maximum Gasteiger partial charge on any atom is 0.191 e. The summed E-state index contributed by atoms with van der Waals surface area (Å²) in [6.45, 7) is 6.80. The number of aryl methyl sites for hydroxylation is 1. The Bertz CT molecular complexity index is 460. The first-order valence-electron chi connectivity index (χ1n) is 7.84. The van der Waals surface area contributed by atoms with Gasteiger partial charge in [-0.15, -0.1) is 0 Å². The second-order valence-corrected chi connectivity index (χ2v) is 5.78. The lowest BCUT2D eigenvalue weighted by Gasteiger charge is -2.18. The minimum Gasteiger partial charge on any atom is -0.489 e. The van der Waals surface area contributed by atoms with Gasteiger partial charge in [0.2, 0.25) is 0 Å². The van der Waals surface area contributed by atoms with Crippen LogP contribution in [-0.4, -0.2) is 57.7 Å². The van der Waals surface area contributed by atoms with Crippen LogP contribution in [0.25, 0.3) is 0 Å². The first-order chi connectivity index (χ1) is 10.5. The summed E-state index contributed by atoms with van der Waals surface area (Å²) >= 11 is 0. The molecule has 0 spiro atoms.